The average Bonchev–Trinajstić information content (AvgIpc) is 2.96. The molecule has 0 radical (unpaired) electrons. The second kappa shape index (κ2) is 7.52. The van der Waals surface area contributed by atoms with Gasteiger partial charge in [0, 0.05) is 6.54 Å². The van der Waals surface area contributed by atoms with Gasteiger partial charge in [0.2, 0.25) is 5.91 Å². The Morgan fingerprint density at radius 1 is 1.48 bits per heavy atom. The first kappa shape index (κ1) is 15.9. The first-order chi connectivity index (χ1) is 11.2. The molecule has 1 fully saturated rings. The SMILES string of the molecule is O=C(COC[C@@H]1CCCNC1)NCc1nc2ccc(F)cc2[nH]1. The highest BCUT2D eigenvalue weighted by Crippen LogP contribution is 2.13. The number of piperidine rings is 1. The zero-order valence-corrected chi connectivity index (χ0v) is 12.9. The Morgan fingerprint density at radius 2 is 2.39 bits per heavy atom. The summed E-state index contributed by atoms with van der Waals surface area (Å²) in [4.78, 5) is 19.1. The number of fused-ring (bicyclic) bond motifs is 1. The highest BCUT2D eigenvalue weighted by Gasteiger charge is 2.13. The van der Waals surface area contributed by atoms with Crippen LogP contribution in [0.15, 0.2) is 18.2 Å². The Bertz CT molecular complexity index is 667. The summed E-state index contributed by atoms with van der Waals surface area (Å²) in [6.45, 7) is 2.94. The molecule has 0 saturated carbocycles. The van der Waals surface area contributed by atoms with E-state index >= 15 is 0 Å². The molecule has 6 nitrogen and oxygen atoms in total. The Morgan fingerprint density at radius 3 is 3.22 bits per heavy atom. The molecule has 1 aliphatic heterocycles. The van der Waals surface area contributed by atoms with Crippen molar-refractivity contribution in [2.45, 2.75) is 19.4 Å². The molecule has 0 aliphatic carbocycles. The zero-order valence-electron chi connectivity index (χ0n) is 12.9. The molecule has 1 aromatic carbocycles. The topological polar surface area (TPSA) is 79.0 Å². The summed E-state index contributed by atoms with van der Waals surface area (Å²) in [5, 5.41) is 6.06. The van der Waals surface area contributed by atoms with Crippen LogP contribution in [0.25, 0.3) is 11.0 Å². The molecule has 2 heterocycles. The monoisotopic (exact) mass is 320 g/mol. The van der Waals surface area contributed by atoms with Crippen molar-refractivity contribution in [3.8, 4) is 0 Å². The number of amides is 1. The lowest BCUT2D eigenvalue weighted by Gasteiger charge is -2.22. The molecular weight excluding hydrogens is 299 g/mol. The van der Waals surface area contributed by atoms with Crippen molar-refractivity contribution in [1.29, 1.82) is 0 Å². The maximum absolute atomic E-state index is 13.1. The summed E-state index contributed by atoms with van der Waals surface area (Å²) in [6, 6.07) is 4.35. The number of nitrogens with zero attached hydrogens (tertiary/aromatic N) is 1. The van der Waals surface area contributed by atoms with Crippen LogP contribution in [0.5, 0.6) is 0 Å². The van der Waals surface area contributed by atoms with Gasteiger partial charge in [-0.15, -0.1) is 0 Å². The van der Waals surface area contributed by atoms with Crippen LogP contribution in [-0.2, 0) is 16.1 Å². The van der Waals surface area contributed by atoms with Gasteiger partial charge in [-0.3, -0.25) is 4.79 Å². The zero-order chi connectivity index (χ0) is 16.1. The molecule has 1 amide bonds. The summed E-state index contributed by atoms with van der Waals surface area (Å²) in [5.41, 5.74) is 1.30. The fourth-order valence-electron chi connectivity index (χ4n) is 2.74. The fourth-order valence-corrected chi connectivity index (χ4v) is 2.74. The average molecular weight is 320 g/mol. The third-order valence-electron chi connectivity index (χ3n) is 3.93. The largest absolute Gasteiger partial charge is 0.371 e. The highest BCUT2D eigenvalue weighted by molar-refractivity contribution is 5.77. The minimum absolute atomic E-state index is 0.0470. The lowest BCUT2D eigenvalue weighted by molar-refractivity contribution is -0.126. The molecule has 3 N–H and O–H groups in total. The van der Waals surface area contributed by atoms with Crippen molar-refractivity contribution in [3.63, 3.8) is 0 Å². The second-order valence-electron chi connectivity index (χ2n) is 5.85. The van der Waals surface area contributed by atoms with Gasteiger partial charge >= 0.3 is 0 Å². The molecule has 23 heavy (non-hydrogen) atoms. The van der Waals surface area contributed by atoms with Crippen LogP contribution in [-0.4, -0.2) is 42.2 Å². The molecule has 0 bridgehead atoms. The van der Waals surface area contributed by atoms with Gasteiger partial charge in [0.1, 0.15) is 18.2 Å². The number of imidazole rings is 1. The van der Waals surface area contributed by atoms with E-state index in [0.717, 1.165) is 25.9 Å². The van der Waals surface area contributed by atoms with Crippen LogP contribution in [0.1, 0.15) is 18.7 Å². The Kier molecular flexibility index (Phi) is 5.19. The van der Waals surface area contributed by atoms with Crippen molar-refractivity contribution in [2.24, 2.45) is 5.92 Å². The predicted molar refractivity (Wildman–Crippen MR) is 84.3 cm³/mol. The minimum Gasteiger partial charge on any atom is -0.371 e. The molecule has 1 saturated heterocycles. The highest BCUT2D eigenvalue weighted by atomic mass is 19.1. The number of hydrogen-bond acceptors (Lipinski definition) is 4. The van der Waals surface area contributed by atoms with Crippen LogP contribution in [0, 0.1) is 11.7 Å². The van der Waals surface area contributed by atoms with Gasteiger partial charge in [-0.05, 0) is 43.5 Å². The van der Waals surface area contributed by atoms with Crippen molar-refractivity contribution in [1.82, 2.24) is 20.6 Å². The fraction of sp³-hybridized carbons (Fsp3) is 0.500. The van der Waals surface area contributed by atoms with Gasteiger partial charge in [-0.25, -0.2) is 9.37 Å². The van der Waals surface area contributed by atoms with E-state index in [-0.39, 0.29) is 24.9 Å². The van der Waals surface area contributed by atoms with E-state index in [1.54, 1.807) is 6.07 Å². The number of carbonyl (C=O) groups is 1. The van der Waals surface area contributed by atoms with Crippen molar-refractivity contribution in [3.05, 3.63) is 29.8 Å². The molecule has 0 unspecified atom stereocenters. The number of rotatable bonds is 6. The van der Waals surface area contributed by atoms with Crippen molar-refractivity contribution >= 4 is 16.9 Å². The number of ether oxygens (including phenoxy) is 1. The number of carbonyl (C=O) groups excluding carboxylic acids is 1. The number of hydrogen-bond donors (Lipinski definition) is 3. The van der Waals surface area contributed by atoms with E-state index in [4.69, 9.17) is 4.74 Å². The van der Waals surface area contributed by atoms with Gasteiger partial charge in [-0.1, -0.05) is 0 Å². The minimum atomic E-state index is -0.317. The van der Waals surface area contributed by atoms with E-state index in [1.165, 1.54) is 12.1 Å². The van der Waals surface area contributed by atoms with Gasteiger partial charge < -0.3 is 20.4 Å². The summed E-state index contributed by atoms with van der Waals surface area (Å²) in [7, 11) is 0. The van der Waals surface area contributed by atoms with Crippen LogP contribution >= 0.6 is 0 Å². The van der Waals surface area contributed by atoms with Gasteiger partial charge in [0.15, 0.2) is 0 Å². The van der Waals surface area contributed by atoms with Crippen LogP contribution in [0.3, 0.4) is 0 Å². The van der Waals surface area contributed by atoms with Crippen LogP contribution < -0.4 is 10.6 Å². The molecule has 1 aliphatic rings. The second-order valence-corrected chi connectivity index (χ2v) is 5.85. The number of aromatic amines is 1. The molecule has 0 spiro atoms. The maximum Gasteiger partial charge on any atom is 0.246 e. The molecule has 2 aromatic rings. The molecule has 1 aromatic heterocycles. The number of nitrogens with one attached hydrogen (secondary N) is 3. The summed E-state index contributed by atoms with van der Waals surface area (Å²) in [5.74, 6) is 0.583. The van der Waals surface area contributed by atoms with Crippen LogP contribution in [0.4, 0.5) is 4.39 Å². The van der Waals surface area contributed by atoms with Gasteiger partial charge in [-0.2, -0.15) is 0 Å². The van der Waals surface area contributed by atoms with E-state index < -0.39 is 0 Å². The Balaban J connectivity index is 1.40. The lowest BCUT2D eigenvalue weighted by Crippen LogP contribution is -2.34. The van der Waals surface area contributed by atoms with E-state index in [2.05, 4.69) is 20.6 Å². The number of benzene rings is 1. The standard InChI is InChI=1S/C16H21FN4O2/c17-12-3-4-13-14(6-12)21-15(20-13)8-19-16(22)10-23-9-11-2-1-5-18-7-11/h3-4,6,11,18H,1-2,5,7-10H2,(H,19,22)(H,20,21)/t11-/m1/s1. The predicted octanol–water partition coefficient (Wildman–Crippen LogP) is 1.33. The molecule has 124 valence electrons. The molecular formula is C16H21FN4O2. The van der Waals surface area contributed by atoms with E-state index in [1.807, 2.05) is 0 Å². The smallest absolute Gasteiger partial charge is 0.246 e. The third kappa shape index (κ3) is 4.49. The number of H-pyrrole nitrogens is 1. The first-order valence-corrected chi connectivity index (χ1v) is 7.90. The maximum atomic E-state index is 13.1. The number of aromatic nitrogens is 2. The van der Waals surface area contributed by atoms with Crippen molar-refractivity contribution in [2.75, 3.05) is 26.3 Å². The summed E-state index contributed by atoms with van der Waals surface area (Å²) < 4.78 is 18.6. The summed E-state index contributed by atoms with van der Waals surface area (Å²) in [6.07, 6.45) is 2.30. The normalized spacial score (nSPS) is 18.2. The van der Waals surface area contributed by atoms with Gasteiger partial charge in [0.25, 0.3) is 0 Å². The first-order valence-electron chi connectivity index (χ1n) is 7.90. The van der Waals surface area contributed by atoms with Gasteiger partial charge in [0.05, 0.1) is 24.2 Å². The third-order valence-corrected chi connectivity index (χ3v) is 3.93. The molecule has 1 atom stereocenters. The van der Waals surface area contributed by atoms with Crippen molar-refractivity contribution < 1.29 is 13.9 Å². The van der Waals surface area contributed by atoms with E-state index in [0.29, 0.717) is 29.4 Å². The lowest BCUT2D eigenvalue weighted by atomic mass is 10.0. The van der Waals surface area contributed by atoms with Crippen LogP contribution in [0.2, 0.25) is 0 Å². The molecule has 7 heteroatoms. The van der Waals surface area contributed by atoms with E-state index in [9.17, 15) is 9.18 Å². The Hall–Kier alpha value is -1.99. The summed E-state index contributed by atoms with van der Waals surface area (Å²) >= 11 is 0. The molecule has 3 rings (SSSR count). The number of halogens is 1. The Labute approximate surface area is 133 Å². The quantitative estimate of drug-likeness (QED) is 0.750.